The predicted molar refractivity (Wildman–Crippen MR) is 93.6 cm³/mol. The van der Waals surface area contributed by atoms with Gasteiger partial charge < -0.3 is 10.6 Å². The summed E-state index contributed by atoms with van der Waals surface area (Å²) in [5.74, 6) is 2.88. The Bertz CT molecular complexity index is 526. The molecule has 7 heteroatoms. The van der Waals surface area contributed by atoms with Crippen molar-refractivity contribution in [1.29, 1.82) is 0 Å². The Morgan fingerprint density at radius 1 is 1.41 bits per heavy atom. The first kappa shape index (κ1) is 17.9. The van der Waals surface area contributed by atoms with E-state index in [0.29, 0.717) is 6.42 Å². The highest BCUT2D eigenvalue weighted by molar-refractivity contribution is 7.99. The molecule has 2 aliphatic rings. The summed E-state index contributed by atoms with van der Waals surface area (Å²) in [5, 5.41) is 6.45. The number of thioether (sulfide) groups is 2. The lowest BCUT2D eigenvalue weighted by atomic mass is 10.0. The van der Waals surface area contributed by atoms with E-state index < -0.39 is 0 Å². The second kappa shape index (κ2) is 8.43. The Labute approximate surface area is 145 Å². The van der Waals surface area contributed by atoms with Gasteiger partial charge in [0.15, 0.2) is 0 Å². The molecule has 2 N–H and O–H groups in total. The van der Waals surface area contributed by atoms with Gasteiger partial charge in [0.2, 0.25) is 5.91 Å². The number of carbonyl (C=O) groups is 1. The molecule has 2 unspecified atom stereocenters. The summed E-state index contributed by atoms with van der Waals surface area (Å²) in [5.41, 5.74) is 0.922. The highest BCUT2D eigenvalue weighted by Gasteiger charge is 2.24. The Hall–Kier alpha value is -0.430. The van der Waals surface area contributed by atoms with Crippen LogP contribution in [0.1, 0.15) is 24.4 Å². The van der Waals surface area contributed by atoms with Gasteiger partial charge in [0.05, 0.1) is 6.04 Å². The molecular weight excluding hydrogens is 343 g/mol. The molecule has 2 heterocycles. The number of rotatable bonds is 3. The summed E-state index contributed by atoms with van der Waals surface area (Å²) < 4.78 is 13.4. The minimum Gasteiger partial charge on any atom is -0.349 e. The molecule has 1 aromatic rings. The lowest BCUT2D eigenvalue weighted by Gasteiger charge is -2.28. The molecule has 2 atom stereocenters. The molecule has 122 valence electrons. The van der Waals surface area contributed by atoms with E-state index in [-0.39, 0.29) is 36.2 Å². The fraction of sp³-hybridized carbons (Fsp3) is 0.533. The van der Waals surface area contributed by atoms with Gasteiger partial charge >= 0.3 is 0 Å². The summed E-state index contributed by atoms with van der Waals surface area (Å²) in [6.07, 6.45) is 1.36. The highest BCUT2D eigenvalue weighted by atomic mass is 35.5. The Morgan fingerprint density at radius 2 is 2.27 bits per heavy atom. The van der Waals surface area contributed by atoms with Crippen LogP contribution in [0.25, 0.3) is 0 Å². The first-order chi connectivity index (χ1) is 10.2. The third kappa shape index (κ3) is 4.54. The van der Waals surface area contributed by atoms with Crippen LogP contribution in [-0.2, 0) is 4.79 Å². The van der Waals surface area contributed by atoms with Crippen molar-refractivity contribution >= 4 is 41.8 Å². The third-order valence-corrected chi connectivity index (χ3v) is 6.03. The summed E-state index contributed by atoms with van der Waals surface area (Å²) in [4.78, 5) is 13.3. The maximum atomic E-state index is 13.4. The number of nitrogens with one attached hydrogen (secondary N) is 2. The maximum Gasteiger partial charge on any atom is 0.222 e. The van der Waals surface area contributed by atoms with Crippen LogP contribution in [-0.4, -0.2) is 35.8 Å². The summed E-state index contributed by atoms with van der Waals surface area (Å²) in [6.45, 7) is 0.969. The van der Waals surface area contributed by atoms with E-state index in [9.17, 15) is 9.18 Å². The summed E-state index contributed by atoms with van der Waals surface area (Å²) in [6, 6.07) is 5.06. The first-order valence-corrected chi connectivity index (χ1v) is 9.39. The number of hydrogen-bond donors (Lipinski definition) is 2. The topological polar surface area (TPSA) is 41.1 Å². The van der Waals surface area contributed by atoms with E-state index in [2.05, 4.69) is 10.6 Å². The molecule has 0 aliphatic carbocycles. The largest absolute Gasteiger partial charge is 0.349 e. The molecule has 1 amide bonds. The molecule has 1 aromatic carbocycles. The number of carbonyl (C=O) groups excluding carboxylic acids is 1. The molecule has 0 aromatic heterocycles. The van der Waals surface area contributed by atoms with Gasteiger partial charge in [-0.25, -0.2) is 4.39 Å². The molecule has 3 rings (SSSR count). The SMILES string of the molecule is Cl.O=C(CC1CSCCN1)NC1CCSc2ccc(F)cc21. The zero-order chi connectivity index (χ0) is 14.7. The quantitative estimate of drug-likeness (QED) is 0.867. The minimum atomic E-state index is -0.235. The molecule has 0 bridgehead atoms. The number of benzene rings is 1. The van der Waals surface area contributed by atoms with Crippen molar-refractivity contribution in [3.8, 4) is 0 Å². The molecule has 3 nitrogen and oxygen atoms in total. The Balaban J connectivity index is 0.00000176. The Morgan fingerprint density at radius 3 is 3.05 bits per heavy atom. The van der Waals surface area contributed by atoms with E-state index >= 15 is 0 Å². The van der Waals surface area contributed by atoms with E-state index in [1.165, 1.54) is 6.07 Å². The molecule has 22 heavy (non-hydrogen) atoms. The zero-order valence-corrected chi connectivity index (χ0v) is 14.6. The van der Waals surface area contributed by atoms with E-state index in [1.807, 2.05) is 17.8 Å². The van der Waals surface area contributed by atoms with Crippen LogP contribution < -0.4 is 10.6 Å². The number of fused-ring (bicyclic) bond motifs is 1. The first-order valence-electron chi connectivity index (χ1n) is 7.25. The van der Waals surface area contributed by atoms with Crippen LogP contribution in [0.15, 0.2) is 23.1 Å². The van der Waals surface area contributed by atoms with Crippen molar-refractivity contribution in [3.05, 3.63) is 29.6 Å². The lowest BCUT2D eigenvalue weighted by Crippen LogP contribution is -2.42. The van der Waals surface area contributed by atoms with Gasteiger partial charge in [-0.3, -0.25) is 4.79 Å². The van der Waals surface area contributed by atoms with Gasteiger partial charge in [-0.15, -0.1) is 24.2 Å². The fourth-order valence-electron chi connectivity index (χ4n) is 2.74. The smallest absolute Gasteiger partial charge is 0.222 e. The monoisotopic (exact) mass is 362 g/mol. The van der Waals surface area contributed by atoms with Crippen molar-refractivity contribution in [2.45, 2.75) is 29.8 Å². The molecule has 2 aliphatic heterocycles. The van der Waals surface area contributed by atoms with Crippen LogP contribution in [0.5, 0.6) is 0 Å². The number of halogens is 2. The average molecular weight is 363 g/mol. The standard InChI is InChI=1S/C15H19FN2OS2.ClH/c16-10-1-2-14-12(7-10)13(3-5-21-14)18-15(19)8-11-9-20-6-4-17-11;/h1-2,7,11,13,17H,3-6,8-9H2,(H,18,19);1H. The van der Waals surface area contributed by atoms with Crippen LogP contribution in [0, 0.1) is 5.82 Å². The molecule has 0 saturated carbocycles. The van der Waals surface area contributed by atoms with Crippen LogP contribution in [0.4, 0.5) is 4.39 Å². The van der Waals surface area contributed by atoms with E-state index in [1.54, 1.807) is 17.8 Å². The maximum absolute atomic E-state index is 13.4. The highest BCUT2D eigenvalue weighted by Crippen LogP contribution is 2.36. The predicted octanol–water partition coefficient (Wildman–Crippen LogP) is 3.00. The van der Waals surface area contributed by atoms with Gasteiger partial charge in [0.1, 0.15) is 5.82 Å². The van der Waals surface area contributed by atoms with Crippen LogP contribution in [0.2, 0.25) is 0 Å². The summed E-state index contributed by atoms with van der Waals surface area (Å²) in [7, 11) is 0. The van der Waals surface area contributed by atoms with E-state index in [0.717, 1.165) is 40.7 Å². The van der Waals surface area contributed by atoms with Gasteiger partial charge in [-0.05, 0) is 30.2 Å². The van der Waals surface area contributed by atoms with Gasteiger partial charge in [-0.1, -0.05) is 0 Å². The average Bonchev–Trinajstić information content (AvgIpc) is 2.49. The number of amides is 1. The normalized spacial score (nSPS) is 24.0. The van der Waals surface area contributed by atoms with Crippen molar-refractivity contribution in [2.24, 2.45) is 0 Å². The van der Waals surface area contributed by atoms with Crippen molar-refractivity contribution in [1.82, 2.24) is 10.6 Å². The van der Waals surface area contributed by atoms with Crippen LogP contribution in [0.3, 0.4) is 0 Å². The molecule has 0 spiro atoms. The van der Waals surface area contributed by atoms with Crippen LogP contribution >= 0.6 is 35.9 Å². The van der Waals surface area contributed by atoms with Crippen molar-refractivity contribution < 1.29 is 9.18 Å². The minimum absolute atomic E-state index is 0. The third-order valence-electron chi connectivity index (χ3n) is 3.78. The summed E-state index contributed by atoms with van der Waals surface area (Å²) >= 11 is 3.62. The molecular formula is C15H20ClFN2OS2. The van der Waals surface area contributed by atoms with Crippen molar-refractivity contribution in [2.75, 3.05) is 23.8 Å². The second-order valence-corrected chi connectivity index (χ2v) is 7.66. The Kier molecular flexibility index (Phi) is 6.87. The molecule has 1 fully saturated rings. The molecule has 0 radical (unpaired) electrons. The van der Waals surface area contributed by atoms with Crippen molar-refractivity contribution in [3.63, 3.8) is 0 Å². The lowest BCUT2D eigenvalue weighted by molar-refractivity contribution is -0.122. The van der Waals surface area contributed by atoms with Gasteiger partial charge in [0.25, 0.3) is 0 Å². The molecule has 1 saturated heterocycles. The number of hydrogen-bond acceptors (Lipinski definition) is 4. The van der Waals surface area contributed by atoms with E-state index in [4.69, 9.17) is 0 Å². The van der Waals surface area contributed by atoms with Gasteiger partial charge in [-0.2, -0.15) is 11.8 Å². The zero-order valence-electron chi connectivity index (χ0n) is 12.1. The fourth-order valence-corrected chi connectivity index (χ4v) is 4.80. The second-order valence-electron chi connectivity index (χ2n) is 5.37. The van der Waals surface area contributed by atoms with Gasteiger partial charge in [0, 0.05) is 41.2 Å².